The molecule has 0 radical (unpaired) electrons. The van der Waals surface area contributed by atoms with E-state index in [1.165, 1.54) is 0 Å². The summed E-state index contributed by atoms with van der Waals surface area (Å²) >= 11 is 0. The van der Waals surface area contributed by atoms with Crippen LogP contribution in [0.15, 0.2) is 30.3 Å². The van der Waals surface area contributed by atoms with Crippen LogP contribution in [0.1, 0.15) is 44.1 Å². The molecule has 1 N–H and O–H groups in total. The summed E-state index contributed by atoms with van der Waals surface area (Å²) in [7, 11) is 0. The zero-order valence-corrected chi connectivity index (χ0v) is 12.8. The molecule has 2 heterocycles. The maximum atomic E-state index is 12.5. The first-order valence-electron chi connectivity index (χ1n) is 8.37. The molecule has 2 atom stereocenters. The van der Waals surface area contributed by atoms with E-state index >= 15 is 0 Å². The van der Waals surface area contributed by atoms with E-state index in [9.17, 15) is 9.90 Å². The summed E-state index contributed by atoms with van der Waals surface area (Å²) < 4.78 is 5.50. The minimum atomic E-state index is -0.526. The number of ether oxygens (including phenoxy) is 1. The highest BCUT2D eigenvalue weighted by atomic mass is 16.6. The predicted molar refractivity (Wildman–Crippen MR) is 82.2 cm³/mol. The molecule has 4 rings (SSSR count). The van der Waals surface area contributed by atoms with E-state index in [0.29, 0.717) is 12.5 Å². The van der Waals surface area contributed by atoms with E-state index < -0.39 is 5.60 Å². The van der Waals surface area contributed by atoms with E-state index in [0.717, 1.165) is 44.1 Å². The van der Waals surface area contributed by atoms with Crippen LogP contribution in [0.2, 0.25) is 0 Å². The molecule has 4 nitrogen and oxygen atoms in total. The number of carbonyl (C=O) groups excluding carboxylic acids is 1. The molecule has 2 saturated heterocycles. The summed E-state index contributed by atoms with van der Waals surface area (Å²) in [5, 5.41) is 10.8. The average Bonchev–Trinajstić information content (AvgIpc) is 3.33. The monoisotopic (exact) mass is 301 g/mol. The quantitative estimate of drug-likeness (QED) is 0.933. The van der Waals surface area contributed by atoms with Gasteiger partial charge in [0.1, 0.15) is 6.61 Å². The second kappa shape index (κ2) is 5.27. The topological polar surface area (TPSA) is 49.8 Å². The van der Waals surface area contributed by atoms with Gasteiger partial charge >= 0.3 is 6.09 Å². The minimum absolute atomic E-state index is 0.160. The Balaban J connectivity index is 1.40. The molecule has 1 aromatic carbocycles. The lowest BCUT2D eigenvalue weighted by Gasteiger charge is -2.43. The summed E-state index contributed by atoms with van der Waals surface area (Å²) in [4.78, 5) is 14.4. The van der Waals surface area contributed by atoms with Crippen LogP contribution in [0.25, 0.3) is 0 Å². The predicted octanol–water partition coefficient (Wildman–Crippen LogP) is 3.09. The molecule has 2 bridgehead atoms. The molecule has 4 heteroatoms. The zero-order chi connectivity index (χ0) is 15.2. The van der Waals surface area contributed by atoms with Gasteiger partial charge < -0.3 is 14.7 Å². The van der Waals surface area contributed by atoms with Gasteiger partial charge in [-0.15, -0.1) is 0 Å². The Labute approximate surface area is 131 Å². The Morgan fingerprint density at radius 1 is 1.14 bits per heavy atom. The average molecular weight is 301 g/mol. The molecule has 0 aromatic heterocycles. The molecule has 2 aliphatic heterocycles. The van der Waals surface area contributed by atoms with Crippen molar-refractivity contribution < 1.29 is 14.6 Å². The molecule has 3 aliphatic rings. The van der Waals surface area contributed by atoms with Crippen molar-refractivity contribution in [3.63, 3.8) is 0 Å². The van der Waals surface area contributed by atoms with Crippen molar-refractivity contribution in [2.24, 2.45) is 5.92 Å². The fourth-order valence-electron chi connectivity index (χ4n) is 4.31. The second-order valence-electron chi connectivity index (χ2n) is 7.12. The van der Waals surface area contributed by atoms with Gasteiger partial charge in [-0.25, -0.2) is 4.79 Å². The highest BCUT2D eigenvalue weighted by Crippen LogP contribution is 2.51. The van der Waals surface area contributed by atoms with Crippen molar-refractivity contribution in [3.05, 3.63) is 35.9 Å². The highest BCUT2D eigenvalue weighted by Gasteiger charge is 2.55. The third-order valence-electron chi connectivity index (χ3n) is 5.55. The number of benzene rings is 1. The van der Waals surface area contributed by atoms with Crippen LogP contribution < -0.4 is 0 Å². The normalized spacial score (nSPS) is 33.8. The lowest BCUT2D eigenvalue weighted by Crippen LogP contribution is -2.54. The van der Waals surface area contributed by atoms with Gasteiger partial charge in [0.25, 0.3) is 0 Å². The van der Waals surface area contributed by atoms with Crippen molar-refractivity contribution in [2.75, 3.05) is 0 Å². The molecular weight excluding hydrogens is 278 g/mol. The van der Waals surface area contributed by atoms with E-state index in [1.807, 2.05) is 35.2 Å². The lowest BCUT2D eigenvalue weighted by atomic mass is 9.82. The van der Waals surface area contributed by atoms with Gasteiger partial charge in [-0.2, -0.15) is 0 Å². The second-order valence-corrected chi connectivity index (χ2v) is 7.12. The first-order valence-corrected chi connectivity index (χ1v) is 8.37. The van der Waals surface area contributed by atoms with Crippen LogP contribution in [-0.2, 0) is 11.3 Å². The number of rotatable bonds is 3. The van der Waals surface area contributed by atoms with Crippen molar-refractivity contribution >= 4 is 6.09 Å². The molecule has 3 fully saturated rings. The van der Waals surface area contributed by atoms with E-state index in [1.54, 1.807) is 0 Å². The summed E-state index contributed by atoms with van der Waals surface area (Å²) in [5.74, 6) is 0.470. The fourth-order valence-corrected chi connectivity index (χ4v) is 4.31. The number of piperidine rings is 1. The Morgan fingerprint density at radius 3 is 2.36 bits per heavy atom. The number of carbonyl (C=O) groups is 1. The van der Waals surface area contributed by atoms with Gasteiger partial charge in [-0.3, -0.25) is 0 Å². The molecule has 22 heavy (non-hydrogen) atoms. The molecule has 2 unspecified atom stereocenters. The summed E-state index contributed by atoms with van der Waals surface area (Å²) in [6.45, 7) is 0.322. The van der Waals surface area contributed by atoms with Crippen LogP contribution in [0.3, 0.4) is 0 Å². The number of aliphatic hydroxyl groups is 1. The maximum Gasteiger partial charge on any atom is 0.410 e. The first kappa shape index (κ1) is 14.1. The maximum absolute atomic E-state index is 12.5. The SMILES string of the molecule is O=C(OCc1ccccc1)N1C2CCC1CC(O)(C1CC1)C2. The van der Waals surface area contributed by atoms with Crippen molar-refractivity contribution in [1.29, 1.82) is 0 Å². The number of hydrogen-bond donors (Lipinski definition) is 1. The molecule has 118 valence electrons. The van der Waals surface area contributed by atoms with Crippen LogP contribution in [0.5, 0.6) is 0 Å². The molecule has 1 aromatic rings. The summed E-state index contributed by atoms with van der Waals surface area (Å²) in [6, 6.07) is 10.1. The Hall–Kier alpha value is -1.55. The van der Waals surface area contributed by atoms with E-state index in [4.69, 9.17) is 4.74 Å². The van der Waals surface area contributed by atoms with Crippen LogP contribution in [0.4, 0.5) is 4.79 Å². The molecule has 0 spiro atoms. The molecule has 1 aliphatic carbocycles. The largest absolute Gasteiger partial charge is 0.445 e. The van der Waals surface area contributed by atoms with Gasteiger partial charge in [0.05, 0.1) is 5.60 Å². The van der Waals surface area contributed by atoms with Gasteiger partial charge in [0, 0.05) is 12.1 Å². The third kappa shape index (κ3) is 2.50. The standard InChI is InChI=1S/C18H23NO3/c20-17(22-12-13-4-2-1-3-5-13)19-15-8-9-16(19)11-18(21,10-15)14-6-7-14/h1-5,14-16,21H,6-12H2. The number of fused-ring (bicyclic) bond motifs is 2. The lowest BCUT2D eigenvalue weighted by molar-refractivity contribution is -0.0636. The Bertz CT molecular complexity index is 541. The molecule has 1 amide bonds. The van der Waals surface area contributed by atoms with Crippen LogP contribution >= 0.6 is 0 Å². The van der Waals surface area contributed by atoms with Gasteiger partial charge in [0.15, 0.2) is 0 Å². The van der Waals surface area contributed by atoms with E-state index in [-0.39, 0.29) is 18.2 Å². The van der Waals surface area contributed by atoms with Gasteiger partial charge in [-0.1, -0.05) is 30.3 Å². The minimum Gasteiger partial charge on any atom is -0.445 e. The Morgan fingerprint density at radius 2 is 1.77 bits per heavy atom. The van der Waals surface area contributed by atoms with E-state index in [2.05, 4.69) is 0 Å². The van der Waals surface area contributed by atoms with Crippen molar-refractivity contribution in [1.82, 2.24) is 4.90 Å². The smallest absolute Gasteiger partial charge is 0.410 e. The van der Waals surface area contributed by atoms with Crippen molar-refractivity contribution in [3.8, 4) is 0 Å². The number of amides is 1. The highest BCUT2D eigenvalue weighted by molar-refractivity contribution is 5.69. The third-order valence-corrected chi connectivity index (χ3v) is 5.55. The number of hydrogen-bond acceptors (Lipinski definition) is 3. The number of nitrogens with zero attached hydrogens (tertiary/aromatic N) is 1. The summed E-state index contributed by atoms with van der Waals surface area (Å²) in [6.07, 6.45) is 5.54. The molecule has 1 saturated carbocycles. The fraction of sp³-hybridized carbons (Fsp3) is 0.611. The van der Waals surface area contributed by atoms with Crippen molar-refractivity contribution in [2.45, 2.75) is 62.8 Å². The molecular formula is C18H23NO3. The van der Waals surface area contributed by atoms with Crippen LogP contribution in [0, 0.1) is 5.92 Å². The van der Waals surface area contributed by atoms with Crippen LogP contribution in [-0.4, -0.2) is 33.8 Å². The summed E-state index contributed by atoms with van der Waals surface area (Å²) in [5.41, 5.74) is 0.483. The zero-order valence-electron chi connectivity index (χ0n) is 12.8. The van der Waals surface area contributed by atoms with Gasteiger partial charge in [0.2, 0.25) is 0 Å². The van der Waals surface area contributed by atoms with Gasteiger partial charge in [-0.05, 0) is 50.0 Å². The Kier molecular flexibility index (Phi) is 3.37. The first-order chi connectivity index (χ1) is 10.7.